The predicted molar refractivity (Wildman–Crippen MR) is 133 cm³/mol. The molecular weight excluding hydrogens is 523 g/mol. The zero-order valence-corrected chi connectivity index (χ0v) is 20.8. The molecule has 1 aliphatic carbocycles. The van der Waals surface area contributed by atoms with E-state index < -0.39 is 55.9 Å². The van der Waals surface area contributed by atoms with E-state index in [1.165, 1.54) is 18.2 Å². The Labute approximate surface area is 216 Å². The number of amides is 1. The summed E-state index contributed by atoms with van der Waals surface area (Å²) in [6.45, 7) is 0. The minimum Gasteiger partial charge on any atom is -0.370 e. The van der Waals surface area contributed by atoms with Crippen molar-refractivity contribution in [3.63, 3.8) is 0 Å². The number of non-ortho nitro benzene ring substituents is 1. The van der Waals surface area contributed by atoms with Crippen molar-refractivity contribution in [3.8, 4) is 0 Å². The van der Waals surface area contributed by atoms with Gasteiger partial charge < -0.3 is 5.73 Å². The van der Waals surface area contributed by atoms with Crippen LogP contribution in [0.5, 0.6) is 0 Å². The van der Waals surface area contributed by atoms with E-state index in [-0.39, 0.29) is 16.8 Å². The van der Waals surface area contributed by atoms with Crippen molar-refractivity contribution in [3.05, 3.63) is 105 Å². The molecule has 0 saturated heterocycles. The molecule has 3 aromatic carbocycles. The van der Waals surface area contributed by atoms with Gasteiger partial charge in [-0.25, -0.2) is 13.1 Å². The van der Waals surface area contributed by atoms with Gasteiger partial charge in [0.2, 0.25) is 15.9 Å². The molecule has 0 aromatic heterocycles. The van der Waals surface area contributed by atoms with Gasteiger partial charge in [0.1, 0.15) is 0 Å². The highest BCUT2D eigenvalue weighted by atomic mass is 32.2. The Hall–Kier alpha value is -3.77. The number of nitrogens with zero attached hydrogens (tertiary/aromatic N) is 1. The summed E-state index contributed by atoms with van der Waals surface area (Å²) >= 11 is 0. The van der Waals surface area contributed by atoms with Crippen molar-refractivity contribution < 1.29 is 31.3 Å². The van der Waals surface area contributed by atoms with Crippen LogP contribution in [-0.2, 0) is 27.4 Å². The van der Waals surface area contributed by atoms with Gasteiger partial charge in [0, 0.05) is 24.5 Å². The van der Waals surface area contributed by atoms with Crippen LogP contribution >= 0.6 is 0 Å². The third-order valence-corrected chi connectivity index (χ3v) is 8.06. The Morgan fingerprint density at radius 2 is 1.76 bits per heavy atom. The molecule has 0 radical (unpaired) electrons. The number of nitrogens with one attached hydrogen (secondary N) is 1. The molecule has 0 spiro atoms. The van der Waals surface area contributed by atoms with E-state index in [4.69, 9.17) is 5.73 Å². The van der Waals surface area contributed by atoms with Gasteiger partial charge in [0.25, 0.3) is 5.69 Å². The number of benzene rings is 3. The number of alkyl halides is 3. The molecule has 0 heterocycles. The van der Waals surface area contributed by atoms with Gasteiger partial charge in [-0.05, 0) is 53.6 Å². The number of rotatable bonds is 8. The maximum absolute atomic E-state index is 14.2. The number of nitro groups is 1. The summed E-state index contributed by atoms with van der Waals surface area (Å²) in [5.74, 6) is -1.41. The number of halogens is 3. The minimum atomic E-state index is -4.82. The molecule has 3 aromatic rings. The topological polar surface area (TPSA) is 132 Å². The average molecular weight is 548 g/mol. The molecule has 2 atom stereocenters. The zero-order chi connectivity index (χ0) is 27.7. The van der Waals surface area contributed by atoms with Gasteiger partial charge in [-0.2, -0.15) is 13.2 Å². The normalized spacial score (nSPS) is 16.4. The van der Waals surface area contributed by atoms with Crippen molar-refractivity contribution in [2.75, 3.05) is 0 Å². The summed E-state index contributed by atoms with van der Waals surface area (Å²) in [6, 6.07) is 13.7. The summed E-state index contributed by atoms with van der Waals surface area (Å²) < 4.78 is 71.3. The third-order valence-electron chi connectivity index (χ3n) is 6.59. The van der Waals surface area contributed by atoms with E-state index in [1.54, 1.807) is 12.1 Å². The maximum Gasteiger partial charge on any atom is 0.416 e. The second kappa shape index (κ2) is 10.5. The number of sulfonamides is 1. The molecule has 3 N–H and O–H groups in total. The molecule has 0 bridgehead atoms. The van der Waals surface area contributed by atoms with Gasteiger partial charge in [-0.3, -0.25) is 14.9 Å². The van der Waals surface area contributed by atoms with Crippen LogP contribution in [0.4, 0.5) is 18.9 Å². The molecular formula is C26H24F3N3O5S. The van der Waals surface area contributed by atoms with Crippen LogP contribution in [0.25, 0.3) is 0 Å². The quantitative estimate of drug-likeness (QED) is 0.303. The average Bonchev–Trinajstić information content (AvgIpc) is 2.87. The molecule has 1 aliphatic rings. The van der Waals surface area contributed by atoms with Gasteiger partial charge in [0.15, 0.2) is 0 Å². The highest BCUT2D eigenvalue weighted by Gasteiger charge is 2.38. The van der Waals surface area contributed by atoms with Crippen molar-refractivity contribution in [2.24, 2.45) is 5.73 Å². The number of nitrogens with two attached hydrogens (primary N) is 1. The molecule has 2 unspecified atom stereocenters. The summed E-state index contributed by atoms with van der Waals surface area (Å²) in [5, 5.41) is 10.9. The van der Waals surface area contributed by atoms with Crippen LogP contribution < -0.4 is 10.5 Å². The van der Waals surface area contributed by atoms with Crippen LogP contribution in [0, 0.1) is 10.1 Å². The first kappa shape index (κ1) is 27.3. The first-order valence-electron chi connectivity index (χ1n) is 11.7. The number of nitro benzene ring substituents is 1. The summed E-state index contributed by atoms with van der Waals surface area (Å²) in [7, 11) is -4.56. The lowest BCUT2D eigenvalue weighted by atomic mass is 9.77. The number of hydrogen-bond donors (Lipinski definition) is 2. The Bertz CT molecular complexity index is 1470. The Balaban J connectivity index is 1.72. The van der Waals surface area contributed by atoms with Gasteiger partial charge in [0.05, 0.1) is 21.4 Å². The molecule has 38 heavy (non-hydrogen) atoms. The van der Waals surface area contributed by atoms with Gasteiger partial charge in [-0.15, -0.1) is 0 Å². The van der Waals surface area contributed by atoms with Crippen LogP contribution in [0.2, 0.25) is 0 Å². The van der Waals surface area contributed by atoms with Gasteiger partial charge in [-0.1, -0.05) is 42.5 Å². The molecule has 0 aliphatic heterocycles. The van der Waals surface area contributed by atoms with Crippen molar-refractivity contribution in [1.29, 1.82) is 0 Å². The van der Waals surface area contributed by atoms with Crippen molar-refractivity contribution in [2.45, 2.75) is 48.7 Å². The van der Waals surface area contributed by atoms with Crippen molar-refractivity contribution >= 4 is 21.6 Å². The van der Waals surface area contributed by atoms with E-state index >= 15 is 0 Å². The molecule has 4 rings (SSSR count). The van der Waals surface area contributed by atoms with Crippen LogP contribution in [0.3, 0.4) is 0 Å². The SMILES string of the molecule is NC(=O)CC(NS(=O)(=O)c1ccc(C2CCCc3ccccc32)c(C(F)(F)F)c1)c1ccc([N+](=O)[O-])cc1. The fourth-order valence-electron chi connectivity index (χ4n) is 4.84. The first-order chi connectivity index (χ1) is 17.9. The monoisotopic (exact) mass is 547 g/mol. The largest absolute Gasteiger partial charge is 0.416 e. The maximum atomic E-state index is 14.2. The molecule has 200 valence electrons. The fourth-order valence-corrected chi connectivity index (χ4v) is 6.09. The number of hydrogen-bond acceptors (Lipinski definition) is 5. The number of aryl methyl sites for hydroxylation is 1. The lowest BCUT2D eigenvalue weighted by Crippen LogP contribution is -2.32. The molecule has 0 saturated carbocycles. The lowest BCUT2D eigenvalue weighted by molar-refractivity contribution is -0.384. The number of carbonyl (C=O) groups is 1. The number of fused-ring (bicyclic) bond motifs is 1. The van der Waals surface area contributed by atoms with E-state index in [0.717, 1.165) is 35.7 Å². The van der Waals surface area contributed by atoms with Crippen molar-refractivity contribution in [1.82, 2.24) is 4.72 Å². The summed E-state index contributed by atoms with van der Waals surface area (Å²) in [4.78, 5) is 21.3. The molecule has 0 fully saturated rings. The van der Waals surface area contributed by atoms with Gasteiger partial charge >= 0.3 is 6.18 Å². The van der Waals surface area contributed by atoms with E-state index in [1.807, 2.05) is 12.1 Å². The highest BCUT2D eigenvalue weighted by Crippen LogP contribution is 2.43. The molecule has 12 heteroatoms. The lowest BCUT2D eigenvalue weighted by Gasteiger charge is -2.28. The summed E-state index contributed by atoms with van der Waals surface area (Å²) in [6.07, 6.45) is -3.39. The Morgan fingerprint density at radius 1 is 1.08 bits per heavy atom. The molecule has 8 nitrogen and oxygen atoms in total. The third kappa shape index (κ3) is 5.86. The van der Waals surface area contributed by atoms with E-state index in [0.29, 0.717) is 18.9 Å². The molecule has 1 amide bonds. The number of carbonyl (C=O) groups excluding carboxylic acids is 1. The second-order valence-electron chi connectivity index (χ2n) is 9.08. The Morgan fingerprint density at radius 3 is 2.39 bits per heavy atom. The first-order valence-corrected chi connectivity index (χ1v) is 13.2. The fraction of sp³-hybridized carbons (Fsp3) is 0.269. The van der Waals surface area contributed by atoms with Crippen LogP contribution in [0.1, 0.15) is 59.0 Å². The van der Waals surface area contributed by atoms with Crippen LogP contribution in [-0.4, -0.2) is 19.2 Å². The smallest absolute Gasteiger partial charge is 0.370 e. The zero-order valence-electron chi connectivity index (χ0n) is 19.9. The standard InChI is InChI=1S/C26H24F3N3O5S/c27-26(28,29)23-14-19(12-13-22(23)21-7-3-5-16-4-1-2-6-20(16)21)38(36,37)31-24(15-25(30)33)17-8-10-18(11-9-17)32(34)35/h1-2,4,6,8-14,21,24,31H,3,5,7,15H2,(H2,30,33). The van der Waals surface area contributed by atoms with Crippen LogP contribution in [0.15, 0.2) is 71.6 Å². The highest BCUT2D eigenvalue weighted by molar-refractivity contribution is 7.89. The summed E-state index contributed by atoms with van der Waals surface area (Å²) in [5.41, 5.74) is 5.88. The predicted octanol–water partition coefficient (Wildman–Crippen LogP) is 4.98. The second-order valence-corrected chi connectivity index (χ2v) is 10.8. The van der Waals surface area contributed by atoms with E-state index in [9.17, 15) is 36.5 Å². The Kier molecular flexibility index (Phi) is 7.56. The number of primary amides is 1. The van der Waals surface area contributed by atoms with E-state index in [2.05, 4.69) is 4.72 Å². The minimum absolute atomic E-state index is 0.00680.